The molecule has 0 unspecified atom stereocenters. The summed E-state index contributed by atoms with van der Waals surface area (Å²) >= 11 is 0. The van der Waals surface area contributed by atoms with Gasteiger partial charge in [0.05, 0.1) is 22.1 Å². The first-order valence-corrected chi connectivity index (χ1v) is 10.9. The number of benzene rings is 3. The van der Waals surface area contributed by atoms with E-state index in [1.165, 1.54) is 0 Å². The molecule has 0 saturated heterocycles. The van der Waals surface area contributed by atoms with Gasteiger partial charge in [0.2, 0.25) is 0 Å². The molecule has 32 heavy (non-hydrogen) atoms. The zero-order chi connectivity index (χ0) is 22.1. The van der Waals surface area contributed by atoms with Gasteiger partial charge in [0.1, 0.15) is 5.69 Å². The number of carbonyl (C=O) groups is 1. The van der Waals surface area contributed by atoms with Gasteiger partial charge in [-0.1, -0.05) is 62.4 Å². The number of nitrogens with one attached hydrogen (secondary N) is 2. The van der Waals surface area contributed by atoms with Crippen LogP contribution in [0, 0.1) is 0 Å². The van der Waals surface area contributed by atoms with Crippen LogP contribution in [0.2, 0.25) is 0 Å². The van der Waals surface area contributed by atoms with Crippen molar-refractivity contribution in [3.63, 3.8) is 0 Å². The lowest BCUT2D eigenvalue weighted by atomic mass is 10.0. The van der Waals surface area contributed by atoms with E-state index in [1.807, 2.05) is 60.7 Å². The first kappa shape index (κ1) is 19.9. The Morgan fingerprint density at radius 1 is 0.844 bits per heavy atom. The molecule has 3 aromatic carbocycles. The summed E-state index contributed by atoms with van der Waals surface area (Å²) in [5.74, 6) is 0.536. The molecule has 0 aliphatic carbocycles. The second-order valence-corrected chi connectivity index (χ2v) is 7.79. The van der Waals surface area contributed by atoms with Crippen LogP contribution in [0.3, 0.4) is 0 Å². The lowest BCUT2D eigenvalue weighted by Gasteiger charge is -2.15. The normalized spacial score (nSPS) is 11.2. The second-order valence-electron chi connectivity index (χ2n) is 7.79. The van der Waals surface area contributed by atoms with Crippen LogP contribution >= 0.6 is 0 Å². The molecule has 5 aromatic rings. The number of fused-ring (bicyclic) bond motifs is 2. The van der Waals surface area contributed by atoms with E-state index in [2.05, 4.69) is 41.3 Å². The first-order chi connectivity index (χ1) is 15.7. The quantitative estimate of drug-likeness (QED) is 0.358. The van der Waals surface area contributed by atoms with E-state index in [1.54, 1.807) is 0 Å². The number of H-pyrrole nitrogens is 1. The van der Waals surface area contributed by atoms with Crippen LogP contribution in [0.5, 0.6) is 0 Å². The van der Waals surface area contributed by atoms with Crippen LogP contribution in [0.1, 0.15) is 35.3 Å². The fourth-order valence-corrected chi connectivity index (χ4v) is 4.12. The fraction of sp³-hybridized carbons (Fsp3) is 0.148. The van der Waals surface area contributed by atoms with E-state index in [0.29, 0.717) is 22.6 Å². The van der Waals surface area contributed by atoms with Gasteiger partial charge in [0, 0.05) is 11.1 Å². The molecule has 0 fully saturated rings. The Labute approximate surface area is 186 Å². The first-order valence-electron chi connectivity index (χ1n) is 10.9. The molecule has 2 N–H and O–H groups in total. The Hall–Kier alpha value is -3.99. The zero-order valence-corrected chi connectivity index (χ0v) is 18.1. The molecule has 0 aliphatic rings. The molecule has 0 radical (unpaired) electrons. The van der Waals surface area contributed by atoms with Crippen molar-refractivity contribution in [1.29, 1.82) is 0 Å². The lowest BCUT2D eigenvalue weighted by Crippen LogP contribution is -2.15. The van der Waals surface area contributed by atoms with Crippen LogP contribution in [-0.2, 0) is 12.8 Å². The molecule has 2 heterocycles. The Bertz CT molecular complexity index is 1400. The van der Waals surface area contributed by atoms with Crippen LogP contribution in [0.25, 0.3) is 33.5 Å². The van der Waals surface area contributed by atoms with Crippen molar-refractivity contribution in [2.24, 2.45) is 0 Å². The van der Waals surface area contributed by atoms with Crippen molar-refractivity contribution in [3.8, 4) is 11.5 Å². The maximum Gasteiger partial charge on any atom is 0.257 e. The summed E-state index contributed by atoms with van der Waals surface area (Å²) < 4.78 is 0. The van der Waals surface area contributed by atoms with Gasteiger partial charge < -0.3 is 10.3 Å². The number of rotatable bonds is 5. The van der Waals surface area contributed by atoms with Crippen LogP contribution in [0.4, 0.5) is 5.69 Å². The third-order valence-corrected chi connectivity index (χ3v) is 5.83. The van der Waals surface area contributed by atoms with E-state index in [0.717, 1.165) is 46.1 Å². The number of aromatic amines is 1. The van der Waals surface area contributed by atoms with Crippen LogP contribution < -0.4 is 5.32 Å². The molecule has 0 bridgehead atoms. The average molecular weight is 421 g/mol. The summed E-state index contributed by atoms with van der Waals surface area (Å²) in [4.78, 5) is 26.2. The molecule has 0 saturated carbocycles. The minimum absolute atomic E-state index is 0.152. The van der Waals surface area contributed by atoms with Crippen molar-refractivity contribution < 1.29 is 4.79 Å². The van der Waals surface area contributed by atoms with Crippen molar-refractivity contribution in [2.75, 3.05) is 5.32 Å². The van der Waals surface area contributed by atoms with Gasteiger partial charge in [-0.15, -0.1) is 0 Å². The van der Waals surface area contributed by atoms with E-state index in [-0.39, 0.29) is 5.91 Å². The highest BCUT2D eigenvalue weighted by Gasteiger charge is 2.16. The van der Waals surface area contributed by atoms with Gasteiger partial charge in [0.15, 0.2) is 5.82 Å². The molecular formula is C27H24N4O. The Morgan fingerprint density at radius 3 is 2.34 bits per heavy atom. The third-order valence-electron chi connectivity index (χ3n) is 5.83. The third kappa shape index (κ3) is 3.52. The number of pyridine rings is 1. The Kier molecular flexibility index (Phi) is 5.15. The highest BCUT2D eigenvalue weighted by Crippen LogP contribution is 2.26. The molecule has 5 nitrogen and oxygen atoms in total. The van der Waals surface area contributed by atoms with Crippen molar-refractivity contribution in [2.45, 2.75) is 26.7 Å². The SMILES string of the molecule is CCc1cccc(CC)c1NC(=O)c1cccc2ccc(-c3nc4ccccc4[nH]3)nc12. The minimum Gasteiger partial charge on any atom is -0.337 e. The highest BCUT2D eigenvalue weighted by molar-refractivity contribution is 6.12. The van der Waals surface area contributed by atoms with E-state index < -0.39 is 0 Å². The summed E-state index contributed by atoms with van der Waals surface area (Å²) in [7, 11) is 0. The van der Waals surface area contributed by atoms with Gasteiger partial charge in [0.25, 0.3) is 5.91 Å². The number of carbonyl (C=O) groups excluding carboxylic acids is 1. The standard InChI is InChI=1S/C27H24N4O/c1-3-17-9-7-10-18(4-2)24(17)31-27(32)20-12-8-11-19-15-16-23(28-25(19)20)26-29-21-13-5-6-14-22(21)30-26/h5-16H,3-4H2,1-2H3,(H,29,30)(H,31,32). The lowest BCUT2D eigenvalue weighted by molar-refractivity contribution is 0.102. The number of aromatic nitrogens is 3. The predicted octanol–water partition coefficient (Wildman–Crippen LogP) is 6.16. The van der Waals surface area contributed by atoms with Gasteiger partial charge in [-0.05, 0) is 48.2 Å². The number of amides is 1. The largest absolute Gasteiger partial charge is 0.337 e. The molecule has 158 valence electrons. The Morgan fingerprint density at radius 2 is 1.59 bits per heavy atom. The Balaban J connectivity index is 1.57. The van der Waals surface area contributed by atoms with Crippen molar-refractivity contribution in [3.05, 3.63) is 89.5 Å². The second kappa shape index (κ2) is 8.27. The highest BCUT2D eigenvalue weighted by atomic mass is 16.1. The van der Waals surface area contributed by atoms with E-state index in [4.69, 9.17) is 4.98 Å². The summed E-state index contributed by atoms with van der Waals surface area (Å²) in [5.41, 5.74) is 6.94. The number of imidazole rings is 1. The summed E-state index contributed by atoms with van der Waals surface area (Å²) in [5, 5.41) is 4.08. The summed E-state index contributed by atoms with van der Waals surface area (Å²) in [6.07, 6.45) is 1.71. The summed E-state index contributed by atoms with van der Waals surface area (Å²) in [6.45, 7) is 4.20. The average Bonchev–Trinajstić information content (AvgIpc) is 3.27. The number of hydrogen-bond donors (Lipinski definition) is 2. The van der Waals surface area contributed by atoms with Gasteiger partial charge in [-0.2, -0.15) is 0 Å². The van der Waals surface area contributed by atoms with Gasteiger partial charge in [-0.25, -0.2) is 9.97 Å². The van der Waals surface area contributed by atoms with Crippen LogP contribution in [-0.4, -0.2) is 20.9 Å². The van der Waals surface area contributed by atoms with Gasteiger partial charge >= 0.3 is 0 Å². The predicted molar refractivity (Wildman–Crippen MR) is 130 cm³/mol. The van der Waals surface area contributed by atoms with Crippen LogP contribution in [0.15, 0.2) is 72.8 Å². The molecule has 0 aliphatic heterocycles. The minimum atomic E-state index is -0.152. The number of para-hydroxylation sites is 4. The van der Waals surface area contributed by atoms with Crippen molar-refractivity contribution in [1.82, 2.24) is 15.0 Å². The molecular weight excluding hydrogens is 396 g/mol. The smallest absolute Gasteiger partial charge is 0.257 e. The maximum atomic E-state index is 13.4. The fourth-order valence-electron chi connectivity index (χ4n) is 4.12. The number of anilines is 1. The number of hydrogen-bond acceptors (Lipinski definition) is 3. The van der Waals surface area contributed by atoms with E-state index in [9.17, 15) is 4.79 Å². The molecule has 2 aromatic heterocycles. The van der Waals surface area contributed by atoms with E-state index >= 15 is 0 Å². The topological polar surface area (TPSA) is 70.7 Å². The van der Waals surface area contributed by atoms with Gasteiger partial charge in [-0.3, -0.25) is 4.79 Å². The summed E-state index contributed by atoms with van der Waals surface area (Å²) in [6, 6.07) is 23.7. The zero-order valence-electron chi connectivity index (χ0n) is 18.1. The monoisotopic (exact) mass is 420 g/mol. The maximum absolute atomic E-state index is 13.4. The molecule has 0 atom stereocenters. The molecule has 5 heteroatoms. The molecule has 1 amide bonds. The number of nitrogens with zero attached hydrogens (tertiary/aromatic N) is 2. The number of aryl methyl sites for hydroxylation is 2. The molecule has 0 spiro atoms. The molecule has 5 rings (SSSR count). The van der Waals surface area contributed by atoms with Crippen molar-refractivity contribution >= 4 is 33.5 Å².